The summed E-state index contributed by atoms with van der Waals surface area (Å²) < 4.78 is 19.2. The summed E-state index contributed by atoms with van der Waals surface area (Å²) in [6.07, 6.45) is -1.00. The topological polar surface area (TPSA) is 117 Å². The first-order valence-electron chi connectivity index (χ1n) is 8.43. The van der Waals surface area contributed by atoms with Crippen molar-refractivity contribution in [3.8, 4) is 0 Å². The number of benzene rings is 1. The van der Waals surface area contributed by atoms with Gasteiger partial charge in [-0.25, -0.2) is 4.79 Å². The van der Waals surface area contributed by atoms with Crippen LogP contribution in [-0.2, 0) is 38.1 Å². The monoisotopic (exact) mass is 395 g/mol. The van der Waals surface area contributed by atoms with Crippen molar-refractivity contribution in [3.05, 3.63) is 35.9 Å². The van der Waals surface area contributed by atoms with E-state index >= 15 is 0 Å². The van der Waals surface area contributed by atoms with Gasteiger partial charge in [0, 0.05) is 13.0 Å². The number of esters is 3. The number of nitrogens with one attached hydrogen (secondary N) is 1. The summed E-state index contributed by atoms with van der Waals surface area (Å²) in [7, 11) is 4.68. The number of hydrogen-bond donors (Lipinski definition) is 1. The summed E-state index contributed by atoms with van der Waals surface area (Å²) in [6.45, 7) is 1.44. The highest BCUT2D eigenvalue weighted by atomic mass is 16.5. The Morgan fingerprint density at radius 2 is 1.32 bits per heavy atom. The van der Waals surface area contributed by atoms with E-state index < -0.39 is 47.8 Å². The summed E-state index contributed by atoms with van der Waals surface area (Å²) >= 11 is 0. The SMILES string of the molecule is COC(=O)C(C(=O)OC)[C@H](C)[C@H](NC(=O)[C@@H](OC)c1ccccc1)C(=O)OC. The minimum Gasteiger partial charge on any atom is -0.468 e. The normalized spacial score (nSPS) is 13.8. The predicted molar refractivity (Wildman–Crippen MR) is 96.8 cm³/mol. The second-order valence-electron chi connectivity index (χ2n) is 5.92. The number of carbonyl (C=O) groups excluding carboxylic acids is 4. The van der Waals surface area contributed by atoms with E-state index in [-0.39, 0.29) is 0 Å². The highest BCUT2D eigenvalue weighted by molar-refractivity contribution is 5.96. The zero-order chi connectivity index (χ0) is 21.3. The first-order chi connectivity index (χ1) is 13.3. The Morgan fingerprint density at radius 1 is 0.821 bits per heavy atom. The standard InChI is InChI=1S/C19H25NO8/c1-11(13(17(22)26-3)18(23)27-4)14(19(24)28-5)20-16(21)15(25-2)12-9-7-6-8-10-12/h6-11,13-15H,1-5H3,(H,20,21)/t11-,14-,15-/m0/s1. The molecule has 0 bridgehead atoms. The Balaban J connectivity index is 3.16. The summed E-state index contributed by atoms with van der Waals surface area (Å²) in [5.41, 5.74) is 0.566. The van der Waals surface area contributed by atoms with Crippen molar-refractivity contribution in [1.29, 1.82) is 0 Å². The van der Waals surface area contributed by atoms with Gasteiger partial charge in [-0.15, -0.1) is 0 Å². The maximum atomic E-state index is 12.7. The van der Waals surface area contributed by atoms with Gasteiger partial charge in [0.2, 0.25) is 0 Å². The second-order valence-corrected chi connectivity index (χ2v) is 5.92. The average Bonchev–Trinajstić information content (AvgIpc) is 2.72. The largest absolute Gasteiger partial charge is 0.468 e. The maximum Gasteiger partial charge on any atom is 0.328 e. The van der Waals surface area contributed by atoms with Crippen LogP contribution in [0.3, 0.4) is 0 Å². The van der Waals surface area contributed by atoms with Crippen molar-refractivity contribution in [2.75, 3.05) is 28.4 Å². The molecule has 0 saturated carbocycles. The molecule has 1 aromatic carbocycles. The molecule has 0 aliphatic carbocycles. The molecule has 28 heavy (non-hydrogen) atoms. The highest BCUT2D eigenvalue weighted by Crippen LogP contribution is 2.22. The van der Waals surface area contributed by atoms with Gasteiger partial charge in [0.05, 0.1) is 21.3 Å². The molecule has 1 rings (SSSR count). The quantitative estimate of drug-likeness (QED) is 0.368. The minimum absolute atomic E-state index is 0.566. The fourth-order valence-corrected chi connectivity index (χ4v) is 2.76. The number of methoxy groups -OCH3 is 4. The maximum absolute atomic E-state index is 12.7. The molecule has 0 heterocycles. The van der Waals surface area contributed by atoms with Crippen LogP contribution in [-0.4, -0.2) is 58.3 Å². The molecule has 0 unspecified atom stereocenters. The van der Waals surface area contributed by atoms with E-state index in [4.69, 9.17) is 9.47 Å². The number of rotatable bonds is 9. The first kappa shape index (κ1) is 23.1. The number of ether oxygens (including phenoxy) is 4. The van der Waals surface area contributed by atoms with Gasteiger partial charge >= 0.3 is 17.9 Å². The average molecular weight is 395 g/mol. The molecule has 3 atom stereocenters. The third-order valence-electron chi connectivity index (χ3n) is 4.29. The molecular formula is C19H25NO8. The molecule has 9 nitrogen and oxygen atoms in total. The third kappa shape index (κ3) is 5.53. The molecule has 154 valence electrons. The van der Waals surface area contributed by atoms with Gasteiger partial charge in [-0.3, -0.25) is 14.4 Å². The van der Waals surface area contributed by atoms with Gasteiger partial charge in [-0.05, 0) is 5.56 Å². The Morgan fingerprint density at radius 3 is 1.75 bits per heavy atom. The number of hydrogen-bond acceptors (Lipinski definition) is 8. The van der Waals surface area contributed by atoms with E-state index in [0.29, 0.717) is 5.56 Å². The van der Waals surface area contributed by atoms with Crippen molar-refractivity contribution in [1.82, 2.24) is 5.32 Å². The van der Waals surface area contributed by atoms with Crippen LogP contribution in [0.5, 0.6) is 0 Å². The second kappa shape index (κ2) is 11.0. The molecule has 9 heteroatoms. The van der Waals surface area contributed by atoms with Gasteiger partial charge < -0.3 is 24.3 Å². The Labute approximate surface area is 163 Å². The molecule has 0 fully saturated rings. The fraction of sp³-hybridized carbons (Fsp3) is 0.474. The van der Waals surface area contributed by atoms with Crippen molar-refractivity contribution in [2.45, 2.75) is 19.1 Å². The Kier molecular flexibility index (Phi) is 9.10. The third-order valence-corrected chi connectivity index (χ3v) is 4.29. The molecule has 1 N–H and O–H groups in total. The summed E-state index contributed by atoms with van der Waals surface area (Å²) in [6, 6.07) is 7.32. The highest BCUT2D eigenvalue weighted by Gasteiger charge is 2.43. The summed E-state index contributed by atoms with van der Waals surface area (Å²) in [4.78, 5) is 49.1. The zero-order valence-corrected chi connectivity index (χ0v) is 16.5. The smallest absolute Gasteiger partial charge is 0.328 e. The molecular weight excluding hydrogens is 370 g/mol. The van der Waals surface area contributed by atoms with Crippen LogP contribution >= 0.6 is 0 Å². The van der Waals surface area contributed by atoms with Gasteiger partial charge in [-0.2, -0.15) is 0 Å². The van der Waals surface area contributed by atoms with Crippen molar-refractivity contribution in [2.24, 2.45) is 11.8 Å². The summed E-state index contributed by atoms with van der Waals surface area (Å²) in [5.74, 6) is -5.70. The fourth-order valence-electron chi connectivity index (χ4n) is 2.76. The molecule has 0 radical (unpaired) electrons. The van der Waals surface area contributed by atoms with E-state index in [1.807, 2.05) is 0 Å². The van der Waals surface area contributed by atoms with E-state index in [9.17, 15) is 19.2 Å². The summed E-state index contributed by atoms with van der Waals surface area (Å²) in [5, 5.41) is 2.50. The first-order valence-corrected chi connectivity index (χ1v) is 8.43. The van der Waals surface area contributed by atoms with E-state index in [2.05, 4.69) is 14.8 Å². The molecule has 0 aromatic heterocycles. The van der Waals surface area contributed by atoms with Crippen LogP contribution < -0.4 is 5.32 Å². The van der Waals surface area contributed by atoms with Crippen molar-refractivity contribution < 1.29 is 38.1 Å². The van der Waals surface area contributed by atoms with E-state index in [1.165, 1.54) is 14.0 Å². The molecule has 0 spiro atoms. The van der Waals surface area contributed by atoms with E-state index in [0.717, 1.165) is 21.3 Å². The van der Waals surface area contributed by atoms with Crippen LogP contribution in [0.15, 0.2) is 30.3 Å². The lowest BCUT2D eigenvalue weighted by Crippen LogP contribution is -2.52. The lowest BCUT2D eigenvalue weighted by atomic mass is 9.87. The van der Waals surface area contributed by atoms with Crippen LogP contribution in [0, 0.1) is 11.8 Å². The van der Waals surface area contributed by atoms with Gasteiger partial charge in [0.1, 0.15) is 6.04 Å². The Hall–Kier alpha value is -2.94. The molecule has 0 aliphatic heterocycles. The molecule has 1 aromatic rings. The van der Waals surface area contributed by atoms with Crippen LogP contribution in [0.2, 0.25) is 0 Å². The van der Waals surface area contributed by atoms with Gasteiger partial charge in [-0.1, -0.05) is 37.3 Å². The lowest BCUT2D eigenvalue weighted by Gasteiger charge is -2.28. The minimum atomic E-state index is -1.43. The van der Waals surface area contributed by atoms with Gasteiger partial charge in [0.15, 0.2) is 12.0 Å². The van der Waals surface area contributed by atoms with Crippen LogP contribution in [0.4, 0.5) is 0 Å². The van der Waals surface area contributed by atoms with Crippen LogP contribution in [0.25, 0.3) is 0 Å². The number of carbonyl (C=O) groups is 4. The number of amides is 1. The lowest BCUT2D eigenvalue weighted by molar-refractivity contribution is -0.164. The predicted octanol–water partition coefficient (Wildman–Crippen LogP) is 0.630. The van der Waals surface area contributed by atoms with Crippen molar-refractivity contribution in [3.63, 3.8) is 0 Å². The zero-order valence-electron chi connectivity index (χ0n) is 16.5. The molecule has 1 amide bonds. The Bertz CT molecular complexity index is 674. The molecule has 0 saturated heterocycles. The molecule has 0 aliphatic rings. The van der Waals surface area contributed by atoms with Gasteiger partial charge in [0.25, 0.3) is 5.91 Å². The van der Waals surface area contributed by atoms with E-state index in [1.54, 1.807) is 30.3 Å². The van der Waals surface area contributed by atoms with Crippen molar-refractivity contribution >= 4 is 23.8 Å². The van der Waals surface area contributed by atoms with Crippen LogP contribution in [0.1, 0.15) is 18.6 Å².